The summed E-state index contributed by atoms with van der Waals surface area (Å²) in [4.78, 5) is 11.9. The molecule has 1 aromatic carbocycles. The topological polar surface area (TPSA) is 64.4 Å². The van der Waals surface area contributed by atoms with Crippen molar-refractivity contribution in [2.75, 3.05) is 6.54 Å². The van der Waals surface area contributed by atoms with Crippen LogP contribution in [0.4, 0.5) is 0 Å². The number of para-hydroxylation sites is 1. The van der Waals surface area contributed by atoms with Gasteiger partial charge in [0.1, 0.15) is 11.9 Å². The van der Waals surface area contributed by atoms with E-state index in [0.717, 1.165) is 17.7 Å². The summed E-state index contributed by atoms with van der Waals surface area (Å²) in [5, 5.41) is 2.91. The first-order valence-corrected chi connectivity index (χ1v) is 7.21. The minimum Gasteiger partial charge on any atom is -0.488 e. The highest BCUT2D eigenvalue weighted by atomic mass is 35.5. The molecule has 5 heteroatoms. The highest BCUT2D eigenvalue weighted by Crippen LogP contribution is 2.18. The maximum Gasteiger partial charge on any atom is 0.224 e. The Morgan fingerprint density at radius 2 is 1.95 bits per heavy atom. The smallest absolute Gasteiger partial charge is 0.224 e. The molecule has 0 saturated carbocycles. The third-order valence-electron chi connectivity index (χ3n) is 3.55. The largest absolute Gasteiger partial charge is 0.488 e. The highest BCUT2D eigenvalue weighted by molar-refractivity contribution is 5.85. The van der Waals surface area contributed by atoms with E-state index in [9.17, 15) is 4.79 Å². The van der Waals surface area contributed by atoms with Gasteiger partial charge in [-0.2, -0.15) is 0 Å². The van der Waals surface area contributed by atoms with Gasteiger partial charge in [-0.1, -0.05) is 32.0 Å². The van der Waals surface area contributed by atoms with E-state index < -0.39 is 0 Å². The third kappa shape index (κ3) is 6.36. The summed E-state index contributed by atoms with van der Waals surface area (Å²) in [6, 6.07) is 7.75. The van der Waals surface area contributed by atoms with Crippen LogP contribution in [0.2, 0.25) is 0 Å². The molecule has 0 saturated heterocycles. The summed E-state index contributed by atoms with van der Waals surface area (Å²) < 4.78 is 5.94. The molecule has 0 aliphatic heterocycles. The summed E-state index contributed by atoms with van der Waals surface area (Å²) in [5.74, 6) is 0.659. The van der Waals surface area contributed by atoms with E-state index in [1.807, 2.05) is 52.0 Å². The minimum absolute atomic E-state index is 0. The minimum atomic E-state index is -0.189. The van der Waals surface area contributed by atoms with E-state index in [2.05, 4.69) is 5.32 Å². The van der Waals surface area contributed by atoms with E-state index in [4.69, 9.17) is 10.5 Å². The molecule has 4 nitrogen and oxygen atoms in total. The number of rotatable bonds is 7. The molecular weight excluding hydrogens is 288 g/mol. The van der Waals surface area contributed by atoms with Crippen molar-refractivity contribution in [3.8, 4) is 5.75 Å². The summed E-state index contributed by atoms with van der Waals surface area (Å²) >= 11 is 0. The second kappa shape index (κ2) is 9.64. The standard InChI is InChI=1S/C16H26N2O2.ClH/c1-5-14(10-18-16(19)12(3)13(4)17)20-15-9-7-6-8-11(15)2;/h6-9,12-14H,5,10,17H2,1-4H3,(H,18,19);1H. The quantitative estimate of drug-likeness (QED) is 0.813. The number of halogens is 1. The molecule has 0 aliphatic carbocycles. The van der Waals surface area contributed by atoms with Crippen LogP contribution in [0.1, 0.15) is 32.8 Å². The van der Waals surface area contributed by atoms with Crippen LogP contribution < -0.4 is 15.8 Å². The van der Waals surface area contributed by atoms with E-state index in [1.54, 1.807) is 0 Å². The van der Waals surface area contributed by atoms with Crippen molar-refractivity contribution >= 4 is 18.3 Å². The first-order valence-electron chi connectivity index (χ1n) is 7.21. The summed E-state index contributed by atoms with van der Waals surface area (Å²) in [6.45, 7) is 8.23. The predicted molar refractivity (Wildman–Crippen MR) is 89.0 cm³/mol. The molecule has 0 fully saturated rings. The third-order valence-corrected chi connectivity index (χ3v) is 3.55. The molecular formula is C16H27ClN2O2. The fourth-order valence-corrected chi connectivity index (χ4v) is 1.75. The molecule has 0 aliphatic rings. The summed E-state index contributed by atoms with van der Waals surface area (Å²) in [7, 11) is 0. The van der Waals surface area contributed by atoms with Gasteiger partial charge in [-0.15, -0.1) is 12.4 Å². The predicted octanol–water partition coefficient (Wildman–Crippen LogP) is 2.67. The molecule has 1 aromatic rings. The van der Waals surface area contributed by atoms with Gasteiger partial charge < -0.3 is 15.8 Å². The lowest BCUT2D eigenvalue weighted by Gasteiger charge is -2.21. The summed E-state index contributed by atoms with van der Waals surface area (Å²) in [6.07, 6.45) is 0.807. The van der Waals surface area contributed by atoms with Gasteiger partial charge in [-0.3, -0.25) is 4.79 Å². The molecule has 1 amide bonds. The van der Waals surface area contributed by atoms with E-state index in [0.29, 0.717) is 6.54 Å². The van der Waals surface area contributed by atoms with Crippen molar-refractivity contribution in [3.05, 3.63) is 29.8 Å². The Labute approximate surface area is 133 Å². The number of hydrogen-bond acceptors (Lipinski definition) is 3. The monoisotopic (exact) mass is 314 g/mol. The zero-order chi connectivity index (χ0) is 15.1. The average Bonchev–Trinajstić information content (AvgIpc) is 2.43. The maximum atomic E-state index is 11.9. The van der Waals surface area contributed by atoms with Crippen LogP contribution in [0, 0.1) is 12.8 Å². The lowest BCUT2D eigenvalue weighted by atomic mass is 10.0. The van der Waals surface area contributed by atoms with Crippen LogP contribution in [-0.4, -0.2) is 24.6 Å². The van der Waals surface area contributed by atoms with Gasteiger partial charge in [0.05, 0.1) is 6.54 Å². The van der Waals surface area contributed by atoms with Crippen molar-refractivity contribution in [1.82, 2.24) is 5.32 Å². The van der Waals surface area contributed by atoms with Crippen molar-refractivity contribution in [2.45, 2.75) is 46.3 Å². The van der Waals surface area contributed by atoms with E-state index in [-0.39, 0.29) is 36.4 Å². The van der Waals surface area contributed by atoms with Gasteiger partial charge in [0, 0.05) is 12.0 Å². The van der Waals surface area contributed by atoms with Crippen LogP contribution in [0.15, 0.2) is 24.3 Å². The van der Waals surface area contributed by atoms with Gasteiger partial charge in [-0.25, -0.2) is 0 Å². The van der Waals surface area contributed by atoms with E-state index >= 15 is 0 Å². The first kappa shape index (κ1) is 19.7. The number of hydrogen-bond donors (Lipinski definition) is 2. The Morgan fingerprint density at radius 3 is 2.48 bits per heavy atom. The van der Waals surface area contributed by atoms with Crippen LogP contribution in [-0.2, 0) is 4.79 Å². The molecule has 1 rings (SSSR count). The van der Waals surface area contributed by atoms with Gasteiger partial charge in [0.25, 0.3) is 0 Å². The summed E-state index contributed by atoms with van der Waals surface area (Å²) in [5.41, 5.74) is 6.83. The molecule has 3 unspecified atom stereocenters. The van der Waals surface area contributed by atoms with Crippen molar-refractivity contribution in [3.63, 3.8) is 0 Å². The van der Waals surface area contributed by atoms with E-state index in [1.165, 1.54) is 0 Å². The van der Waals surface area contributed by atoms with Crippen LogP contribution >= 0.6 is 12.4 Å². The Balaban J connectivity index is 0.00000400. The Kier molecular flexibility index (Phi) is 9.06. The molecule has 3 N–H and O–H groups in total. The van der Waals surface area contributed by atoms with Crippen molar-refractivity contribution < 1.29 is 9.53 Å². The number of nitrogens with two attached hydrogens (primary N) is 1. The van der Waals surface area contributed by atoms with Crippen molar-refractivity contribution in [2.24, 2.45) is 11.7 Å². The average molecular weight is 315 g/mol. The molecule has 120 valence electrons. The number of nitrogens with one attached hydrogen (secondary N) is 1. The molecule has 0 spiro atoms. The van der Waals surface area contributed by atoms with Gasteiger partial charge in [0.15, 0.2) is 0 Å². The zero-order valence-electron chi connectivity index (χ0n) is 13.3. The second-order valence-electron chi connectivity index (χ2n) is 5.31. The fourth-order valence-electron chi connectivity index (χ4n) is 1.75. The number of carbonyl (C=O) groups is 1. The zero-order valence-corrected chi connectivity index (χ0v) is 14.1. The number of carbonyl (C=O) groups excluding carboxylic acids is 1. The lowest BCUT2D eigenvalue weighted by Crippen LogP contribution is -2.42. The number of ether oxygens (including phenoxy) is 1. The molecule has 0 bridgehead atoms. The Morgan fingerprint density at radius 1 is 1.33 bits per heavy atom. The van der Waals surface area contributed by atoms with Gasteiger partial charge in [0.2, 0.25) is 5.91 Å². The second-order valence-corrected chi connectivity index (χ2v) is 5.31. The first-order chi connectivity index (χ1) is 9.45. The van der Waals surface area contributed by atoms with Crippen LogP contribution in [0.3, 0.4) is 0 Å². The molecule has 0 heterocycles. The normalized spacial score (nSPS) is 14.5. The van der Waals surface area contributed by atoms with Gasteiger partial charge in [-0.05, 0) is 31.9 Å². The molecule has 0 aromatic heterocycles. The number of benzene rings is 1. The Hall–Kier alpha value is -1.26. The Bertz CT molecular complexity index is 438. The highest BCUT2D eigenvalue weighted by Gasteiger charge is 2.18. The molecule has 0 radical (unpaired) electrons. The maximum absolute atomic E-state index is 11.9. The van der Waals surface area contributed by atoms with Crippen LogP contribution in [0.5, 0.6) is 5.75 Å². The van der Waals surface area contributed by atoms with Crippen molar-refractivity contribution in [1.29, 1.82) is 0 Å². The fraction of sp³-hybridized carbons (Fsp3) is 0.562. The SMILES string of the molecule is CCC(CNC(=O)C(C)C(C)N)Oc1ccccc1C.Cl. The number of aryl methyl sites for hydroxylation is 1. The molecule has 21 heavy (non-hydrogen) atoms. The molecule has 3 atom stereocenters. The lowest BCUT2D eigenvalue weighted by molar-refractivity contribution is -0.125. The van der Waals surface area contributed by atoms with Gasteiger partial charge >= 0.3 is 0 Å². The number of amides is 1. The van der Waals surface area contributed by atoms with Crippen LogP contribution in [0.25, 0.3) is 0 Å².